The van der Waals surface area contributed by atoms with Crippen molar-refractivity contribution in [3.05, 3.63) is 64.4 Å². The van der Waals surface area contributed by atoms with E-state index >= 15 is 0 Å². The summed E-state index contributed by atoms with van der Waals surface area (Å²) in [6.45, 7) is 4.66. The highest BCUT2D eigenvalue weighted by Gasteiger charge is 2.16. The first-order chi connectivity index (χ1) is 14.6. The van der Waals surface area contributed by atoms with Gasteiger partial charge in [-0.15, -0.1) is 5.10 Å². The Balaban J connectivity index is 1.61. The fraction of sp³-hybridized carbons (Fsp3) is 0.227. The fourth-order valence-corrected chi connectivity index (χ4v) is 3.85. The second-order valence-corrected chi connectivity index (χ2v) is 7.37. The second-order valence-electron chi connectivity index (χ2n) is 7.37. The number of nitrogens with one attached hydrogen (secondary N) is 1. The number of benzene rings is 2. The number of phenols is 1. The van der Waals surface area contributed by atoms with E-state index in [-0.39, 0.29) is 11.2 Å². The Morgan fingerprint density at radius 1 is 1.13 bits per heavy atom. The molecule has 5 rings (SSSR count). The summed E-state index contributed by atoms with van der Waals surface area (Å²) in [6.07, 6.45) is 1.83. The van der Waals surface area contributed by atoms with E-state index in [1.165, 1.54) is 0 Å². The zero-order valence-electron chi connectivity index (χ0n) is 16.5. The maximum Gasteiger partial charge on any atom is 0.191 e. The molecule has 152 valence electrons. The summed E-state index contributed by atoms with van der Waals surface area (Å²) in [5.41, 5.74) is 3.88. The van der Waals surface area contributed by atoms with Gasteiger partial charge < -0.3 is 19.7 Å². The molecule has 2 aromatic carbocycles. The number of rotatable bonds is 3. The monoisotopic (exact) mass is 403 g/mol. The minimum Gasteiger partial charge on any atom is -0.508 e. The van der Waals surface area contributed by atoms with E-state index in [0.29, 0.717) is 24.3 Å². The summed E-state index contributed by atoms with van der Waals surface area (Å²) in [4.78, 5) is 18.3. The van der Waals surface area contributed by atoms with Gasteiger partial charge in [-0.2, -0.15) is 0 Å². The smallest absolute Gasteiger partial charge is 0.191 e. The Morgan fingerprint density at radius 3 is 2.77 bits per heavy atom. The zero-order valence-corrected chi connectivity index (χ0v) is 16.5. The molecule has 8 nitrogen and oxygen atoms in total. The first-order valence-electron chi connectivity index (χ1n) is 9.81. The lowest BCUT2D eigenvalue weighted by Gasteiger charge is -2.28. The quantitative estimate of drug-likeness (QED) is 0.546. The van der Waals surface area contributed by atoms with Crippen LogP contribution in [0.5, 0.6) is 5.75 Å². The number of fused-ring (bicyclic) bond motifs is 1. The molecule has 1 fully saturated rings. The normalized spacial score (nSPS) is 14.4. The number of morpholine rings is 1. The second kappa shape index (κ2) is 7.31. The fourth-order valence-electron chi connectivity index (χ4n) is 3.85. The molecule has 2 N–H and O–H groups in total. The van der Waals surface area contributed by atoms with Crippen molar-refractivity contribution in [2.45, 2.75) is 6.92 Å². The van der Waals surface area contributed by atoms with Crippen molar-refractivity contribution in [3.63, 3.8) is 0 Å². The SMILES string of the molecule is Cc1cc(O)ccc1-n1cc(-c2cccc3c(=O)cc(N4CCOCC4)[nH]c23)nn1. The van der Waals surface area contributed by atoms with Gasteiger partial charge in [-0.3, -0.25) is 4.79 Å². The molecule has 4 aromatic rings. The molecule has 0 saturated carbocycles. The van der Waals surface area contributed by atoms with Crippen LogP contribution in [0, 0.1) is 6.92 Å². The van der Waals surface area contributed by atoms with Gasteiger partial charge in [0.2, 0.25) is 0 Å². The molecule has 30 heavy (non-hydrogen) atoms. The van der Waals surface area contributed by atoms with Crippen LogP contribution in [0.4, 0.5) is 5.82 Å². The van der Waals surface area contributed by atoms with Crippen molar-refractivity contribution < 1.29 is 9.84 Å². The number of hydrogen-bond acceptors (Lipinski definition) is 6. The van der Waals surface area contributed by atoms with Crippen LogP contribution in [-0.2, 0) is 4.74 Å². The highest BCUT2D eigenvalue weighted by atomic mass is 16.5. The predicted molar refractivity (Wildman–Crippen MR) is 114 cm³/mol. The van der Waals surface area contributed by atoms with Crippen LogP contribution in [0.25, 0.3) is 27.8 Å². The van der Waals surface area contributed by atoms with Crippen LogP contribution >= 0.6 is 0 Å². The topological polar surface area (TPSA) is 96.3 Å². The summed E-state index contributed by atoms with van der Waals surface area (Å²) in [5, 5.41) is 18.9. The first kappa shape index (κ1) is 18.4. The highest BCUT2D eigenvalue weighted by Crippen LogP contribution is 2.27. The van der Waals surface area contributed by atoms with Gasteiger partial charge in [0.05, 0.1) is 30.6 Å². The minimum atomic E-state index is -0.0335. The molecule has 0 radical (unpaired) electrons. The lowest BCUT2D eigenvalue weighted by atomic mass is 10.1. The number of ether oxygens (including phenoxy) is 1. The summed E-state index contributed by atoms with van der Waals surface area (Å²) in [7, 11) is 0. The number of aromatic nitrogens is 4. The van der Waals surface area contributed by atoms with Crippen molar-refractivity contribution in [2.24, 2.45) is 0 Å². The van der Waals surface area contributed by atoms with Crippen LogP contribution in [0.3, 0.4) is 0 Å². The number of hydrogen-bond donors (Lipinski definition) is 2. The standard InChI is InChI=1S/C22H21N5O3/c1-14-11-15(28)5-6-19(14)27-13-18(24-25-27)16-3-2-4-17-20(29)12-21(23-22(16)17)26-7-9-30-10-8-26/h2-6,11-13,28H,7-10H2,1H3,(H,23,29). The predicted octanol–water partition coefficient (Wildman–Crippen LogP) is 2.63. The number of H-pyrrole nitrogens is 1. The molecule has 1 aliphatic heterocycles. The first-order valence-corrected chi connectivity index (χ1v) is 9.81. The third kappa shape index (κ3) is 3.21. The van der Waals surface area contributed by atoms with E-state index in [1.807, 2.05) is 31.3 Å². The molecule has 3 heterocycles. The van der Waals surface area contributed by atoms with Gasteiger partial charge in [0.1, 0.15) is 17.3 Å². The summed E-state index contributed by atoms with van der Waals surface area (Å²) in [5.74, 6) is 0.990. The van der Waals surface area contributed by atoms with Crippen molar-refractivity contribution in [2.75, 3.05) is 31.2 Å². The average Bonchev–Trinajstić information content (AvgIpc) is 3.23. The maximum atomic E-state index is 12.8. The number of para-hydroxylation sites is 1. The summed E-state index contributed by atoms with van der Waals surface area (Å²) in [6, 6.07) is 12.3. The van der Waals surface area contributed by atoms with Gasteiger partial charge in [-0.05, 0) is 36.8 Å². The van der Waals surface area contributed by atoms with Gasteiger partial charge in [0.25, 0.3) is 0 Å². The lowest BCUT2D eigenvalue weighted by Crippen LogP contribution is -2.37. The molecule has 0 aliphatic carbocycles. The van der Waals surface area contributed by atoms with Crippen LogP contribution in [0.15, 0.2) is 53.5 Å². The molecule has 2 aromatic heterocycles. The van der Waals surface area contributed by atoms with E-state index in [2.05, 4.69) is 20.2 Å². The van der Waals surface area contributed by atoms with Crippen LogP contribution in [0.1, 0.15) is 5.56 Å². The molecular formula is C22H21N5O3. The van der Waals surface area contributed by atoms with E-state index in [4.69, 9.17) is 4.74 Å². The Bertz CT molecular complexity index is 1290. The van der Waals surface area contributed by atoms with Crippen molar-refractivity contribution >= 4 is 16.7 Å². The molecule has 1 saturated heterocycles. The number of nitrogens with zero attached hydrogens (tertiary/aromatic N) is 4. The highest BCUT2D eigenvalue weighted by molar-refractivity contribution is 5.93. The third-order valence-electron chi connectivity index (χ3n) is 5.40. The Hall–Kier alpha value is -3.65. The number of aromatic amines is 1. The van der Waals surface area contributed by atoms with Gasteiger partial charge in [0, 0.05) is 30.1 Å². The number of aromatic hydroxyl groups is 1. The maximum absolute atomic E-state index is 12.8. The molecular weight excluding hydrogens is 382 g/mol. The molecule has 0 atom stereocenters. The average molecular weight is 403 g/mol. The number of pyridine rings is 1. The van der Waals surface area contributed by atoms with Crippen LogP contribution in [0.2, 0.25) is 0 Å². The van der Waals surface area contributed by atoms with Crippen molar-refractivity contribution in [1.82, 2.24) is 20.0 Å². The number of phenolic OH excluding ortho intramolecular Hbond substituents is 1. The Morgan fingerprint density at radius 2 is 1.97 bits per heavy atom. The minimum absolute atomic E-state index is 0.0335. The van der Waals surface area contributed by atoms with Gasteiger partial charge in [-0.1, -0.05) is 17.3 Å². The largest absolute Gasteiger partial charge is 0.508 e. The van der Waals surface area contributed by atoms with Gasteiger partial charge in [-0.25, -0.2) is 4.68 Å². The zero-order chi connectivity index (χ0) is 20.7. The number of anilines is 1. The third-order valence-corrected chi connectivity index (χ3v) is 5.40. The summed E-state index contributed by atoms with van der Waals surface area (Å²) >= 11 is 0. The van der Waals surface area contributed by atoms with Gasteiger partial charge >= 0.3 is 0 Å². The van der Waals surface area contributed by atoms with Gasteiger partial charge in [0.15, 0.2) is 5.43 Å². The Kier molecular flexibility index (Phi) is 4.48. The molecule has 0 unspecified atom stereocenters. The molecule has 8 heteroatoms. The molecule has 0 amide bonds. The van der Waals surface area contributed by atoms with E-state index in [9.17, 15) is 9.90 Å². The van der Waals surface area contributed by atoms with Crippen molar-refractivity contribution in [3.8, 4) is 22.7 Å². The molecule has 0 bridgehead atoms. The van der Waals surface area contributed by atoms with Crippen LogP contribution < -0.4 is 10.3 Å². The van der Waals surface area contributed by atoms with E-state index in [0.717, 1.165) is 41.2 Å². The molecule has 0 spiro atoms. The summed E-state index contributed by atoms with van der Waals surface area (Å²) < 4.78 is 7.10. The van der Waals surface area contributed by atoms with Crippen LogP contribution in [-0.4, -0.2) is 51.4 Å². The Labute approximate surface area is 172 Å². The lowest BCUT2D eigenvalue weighted by molar-refractivity contribution is 0.122. The van der Waals surface area contributed by atoms with Crippen molar-refractivity contribution in [1.29, 1.82) is 0 Å². The molecule has 1 aliphatic rings. The van der Waals surface area contributed by atoms with E-state index < -0.39 is 0 Å². The van der Waals surface area contributed by atoms with E-state index in [1.54, 1.807) is 28.9 Å². The number of aryl methyl sites for hydroxylation is 1.